The van der Waals surface area contributed by atoms with E-state index in [0.717, 1.165) is 29.9 Å². The number of hydrogen-bond donors (Lipinski definition) is 1. The molecule has 0 radical (unpaired) electrons. The van der Waals surface area contributed by atoms with Crippen LogP contribution < -0.4 is 4.74 Å². The van der Waals surface area contributed by atoms with Crippen molar-refractivity contribution in [1.29, 1.82) is 0 Å². The minimum atomic E-state index is -4.79. The summed E-state index contributed by atoms with van der Waals surface area (Å²) in [6.07, 6.45) is -2.57. The Labute approximate surface area is 142 Å². The summed E-state index contributed by atoms with van der Waals surface area (Å²) in [7, 11) is 0. The summed E-state index contributed by atoms with van der Waals surface area (Å²) in [5.74, 6) is -0.948. The minimum absolute atomic E-state index is 0.177. The molecule has 5 nitrogen and oxygen atoms in total. The van der Waals surface area contributed by atoms with Gasteiger partial charge in [0.05, 0.1) is 18.1 Å². The fourth-order valence-corrected chi connectivity index (χ4v) is 3.66. The highest BCUT2D eigenvalue weighted by molar-refractivity contribution is 6.06. The maximum absolute atomic E-state index is 12.6. The second-order valence-corrected chi connectivity index (χ2v) is 6.61. The number of halogens is 3. The van der Waals surface area contributed by atoms with E-state index in [9.17, 15) is 27.9 Å². The number of ether oxygens (including phenoxy) is 1. The molecule has 1 aliphatic carbocycles. The van der Waals surface area contributed by atoms with Gasteiger partial charge in [-0.25, -0.2) is 0 Å². The Morgan fingerprint density at radius 3 is 2.32 bits per heavy atom. The fraction of sp³-hybridized carbons (Fsp3) is 0.529. The lowest BCUT2D eigenvalue weighted by Crippen LogP contribution is -2.37. The van der Waals surface area contributed by atoms with E-state index in [1.165, 1.54) is 12.1 Å². The lowest BCUT2D eigenvalue weighted by atomic mass is 9.84. The predicted octanol–water partition coefficient (Wildman–Crippen LogP) is 2.94. The van der Waals surface area contributed by atoms with Gasteiger partial charge in [0, 0.05) is 6.42 Å². The molecule has 136 valence electrons. The van der Waals surface area contributed by atoms with Crippen molar-refractivity contribution < 1.29 is 32.6 Å². The van der Waals surface area contributed by atoms with Gasteiger partial charge >= 0.3 is 6.36 Å². The highest BCUT2D eigenvalue weighted by atomic mass is 19.4. The van der Waals surface area contributed by atoms with Gasteiger partial charge in [-0.05, 0) is 30.5 Å². The average molecular weight is 357 g/mol. The van der Waals surface area contributed by atoms with Crippen molar-refractivity contribution in [3.05, 3.63) is 29.8 Å². The number of amides is 2. The smallest absolute Gasteiger partial charge is 0.406 e. The van der Waals surface area contributed by atoms with E-state index < -0.39 is 23.6 Å². The Morgan fingerprint density at radius 1 is 1.16 bits per heavy atom. The molecule has 8 heteroatoms. The number of carbonyl (C=O) groups is 2. The Hall–Kier alpha value is -2.09. The van der Waals surface area contributed by atoms with Gasteiger partial charge in [-0.15, -0.1) is 13.2 Å². The Kier molecular flexibility index (Phi) is 4.49. The molecule has 2 fully saturated rings. The van der Waals surface area contributed by atoms with Crippen LogP contribution in [0.5, 0.6) is 5.75 Å². The van der Waals surface area contributed by atoms with Crippen LogP contribution in [0.4, 0.5) is 13.2 Å². The zero-order chi connectivity index (χ0) is 18.2. The molecular formula is C17H18F3NO4. The van der Waals surface area contributed by atoms with E-state index in [-0.39, 0.29) is 24.8 Å². The van der Waals surface area contributed by atoms with E-state index in [1.807, 2.05) is 0 Å². The van der Waals surface area contributed by atoms with Crippen molar-refractivity contribution in [2.45, 2.75) is 44.6 Å². The zero-order valence-corrected chi connectivity index (χ0v) is 13.4. The lowest BCUT2D eigenvalue weighted by molar-refractivity contribution is -0.274. The number of imide groups is 1. The molecule has 0 bridgehead atoms. The first-order valence-electron chi connectivity index (χ1n) is 8.09. The molecule has 1 atom stereocenters. The Morgan fingerprint density at radius 2 is 1.76 bits per heavy atom. The van der Waals surface area contributed by atoms with Crippen LogP contribution in [0.2, 0.25) is 0 Å². The monoisotopic (exact) mass is 357 g/mol. The third kappa shape index (κ3) is 3.63. The van der Waals surface area contributed by atoms with E-state index in [1.54, 1.807) is 0 Å². The van der Waals surface area contributed by atoms with Crippen molar-refractivity contribution in [2.75, 3.05) is 6.54 Å². The molecule has 1 N–H and O–H groups in total. The number of likely N-dealkylation sites (tertiary alicyclic amines) is 1. The molecule has 3 rings (SSSR count). The number of hydrogen-bond acceptors (Lipinski definition) is 4. The van der Waals surface area contributed by atoms with Gasteiger partial charge in [-0.1, -0.05) is 25.0 Å². The lowest BCUT2D eigenvalue weighted by Gasteiger charge is -2.23. The second-order valence-electron chi connectivity index (χ2n) is 6.61. The average Bonchev–Trinajstić information content (AvgIpc) is 3.08. The summed E-state index contributed by atoms with van der Waals surface area (Å²) in [6.45, 7) is -0.196. The maximum atomic E-state index is 12.6. The van der Waals surface area contributed by atoms with E-state index in [4.69, 9.17) is 0 Å². The second kappa shape index (κ2) is 6.33. The number of aliphatic hydroxyl groups excluding tert-OH is 1. The molecular weight excluding hydrogens is 339 g/mol. The number of carbonyl (C=O) groups excluding carboxylic acids is 2. The first-order valence-corrected chi connectivity index (χ1v) is 8.09. The summed E-state index contributed by atoms with van der Waals surface area (Å²) in [5.41, 5.74) is -0.302. The van der Waals surface area contributed by atoms with E-state index in [2.05, 4.69) is 4.74 Å². The molecule has 1 aliphatic heterocycles. The van der Waals surface area contributed by atoms with Crippen molar-refractivity contribution in [1.82, 2.24) is 4.90 Å². The quantitative estimate of drug-likeness (QED) is 0.842. The fourth-order valence-electron chi connectivity index (χ4n) is 3.66. The normalized spacial score (nSPS) is 21.2. The molecule has 1 heterocycles. The molecule has 0 unspecified atom stereocenters. The molecule has 1 aromatic rings. The topological polar surface area (TPSA) is 66.8 Å². The minimum Gasteiger partial charge on any atom is -0.406 e. The van der Waals surface area contributed by atoms with Crippen LogP contribution in [0.15, 0.2) is 24.3 Å². The molecule has 2 aliphatic rings. The van der Waals surface area contributed by atoms with Crippen LogP contribution in [0.1, 0.15) is 43.8 Å². The number of aliphatic hydroxyl groups is 1. The Bertz CT molecular complexity index is 665. The summed E-state index contributed by atoms with van der Waals surface area (Å²) < 4.78 is 40.2. The summed E-state index contributed by atoms with van der Waals surface area (Å²) in [4.78, 5) is 25.8. The molecule has 2 amide bonds. The van der Waals surface area contributed by atoms with Gasteiger partial charge < -0.3 is 9.84 Å². The van der Waals surface area contributed by atoms with Gasteiger partial charge in [0.25, 0.3) is 0 Å². The molecule has 1 aromatic carbocycles. The van der Waals surface area contributed by atoms with Crippen LogP contribution in [0.25, 0.3) is 0 Å². The number of nitrogens with zero attached hydrogens (tertiary/aromatic N) is 1. The highest BCUT2D eigenvalue weighted by Crippen LogP contribution is 2.47. The van der Waals surface area contributed by atoms with Crippen molar-refractivity contribution in [2.24, 2.45) is 5.41 Å². The molecule has 1 spiro atoms. The van der Waals surface area contributed by atoms with E-state index in [0.29, 0.717) is 18.4 Å². The van der Waals surface area contributed by atoms with Crippen molar-refractivity contribution in [3.8, 4) is 5.75 Å². The van der Waals surface area contributed by atoms with Crippen molar-refractivity contribution in [3.63, 3.8) is 0 Å². The third-order valence-electron chi connectivity index (χ3n) is 4.90. The number of alkyl halides is 3. The number of benzene rings is 1. The van der Waals surface area contributed by atoms with Crippen LogP contribution in [-0.4, -0.2) is 34.7 Å². The van der Waals surface area contributed by atoms with Gasteiger partial charge in [0.2, 0.25) is 11.8 Å². The zero-order valence-electron chi connectivity index (χ0n) is 13.4. The number of β-amino-alcohol motifs (C(OH)–C–C–N with tert-alkyl or cyclic N) is 1. The van der Waals surface area contributed by atoms with E-state index >= 15 is 0 Å². The SMILES string of the molecule is O=C1CC2(CCCC2)C(=O)N1C[C@H](O)c1ccc(OC(F)(F)F)cc1. The van der Waals surface area contributed by atoms with Gasteiger partial charge in [-0.3, -0.25) is 14.5 Å². The molecule has 0 aromatic heterocycles. The maximum Gasteiger partial charge on any atom is 0.573 e. The number of rotatable bonds is 4. The first kappa shape index (κ1) is 17.7. The van der Waals surface area contributed by atoms with Crippen LogP contribution >= 0.6 is 0 Å². The molecule has 1 saturated heterocycles. The summed E-state index contributed by atoms with van der Waals surface area (Å²) in [5, 5.41) is 10.3. The standard InChI is InChI=1S/C17H18F3NO4/c18-17(19,20)25-12-5-3-11(4-6-12)13(22)10-21-14(23)9-16(15(21)24)7-1-2-8-16/h3-6,13,22H,1-2,7-10H2/t13-/m0/s1. The highest BCUT2D eigenvalue weighted by Gasteiger charge is 2.52. The molecule has 1 saturated carbocycles. The van der Waals surface area contributed by atoms with Crippen LogP contribution in [0.3, 0.4) is 0 Å². The first-order chi connectivity index (χ1) is 11.7. The third-order valence-corrected chi connectivity index (χ3v) is 4.90. The van der Waals surface area contributed by atoms with Gasteiger partial charge in [-0.2, -0.15) is 0 Å². The van der Waals surface area contributed by atoms with Gasteiger partial charge in [0.15, 0.2) is 0 Å². The summed E-state index contributed by atoms with van der Waals surface area (Å²) in [6, 6.07) is 4.72. The molecule has 25 heavy (non-hydrogen) atoms. The van der Waals surface area contributed by atoms with Crippen LogP contribution in [0, 0.1) is 5.41 Å². The Balaban J connectivity index is 1.67. The largest absolute Gasteiger partial charge is 0.573 e. The van der Waals surface area contributed by atoms with Crippen LogP contribution in [-0.2, 0) is 9.59 Å². The predicted molar refractivity (Wildman–Crippen MR) is 80.3 cm³/mol. The van der Waals surface area contributed by atoms with Crippen molar-refractivity contribution >= 4 is 11.8 Å². The van der Waals surface area contributed by atoms with Gasteiger partial charge in [0.1, 0.15) is 5.75 Å². The summed E-state index contributed by atoms with van der Waals surface area (Å²) >= 11 is 0.